The molecule has 0 aromatic carbocycles. The average Bonchev–Trinajstić information content (AvgIpc) is 1.98. The Morgan fingerprint density at radius 3 is 2.25 bits per heavy atom. The summed E-state index contributed by atoms with van der Waals surface area (Å²) in [5.41, 5.74) is 0.0803. The van der Waals surface area contributed by atoms with Crippen LogP contribution >= 0.6 is 0 Å². The molecule has 1 heteroatoms. The summed E-state index contributed by atoms with van der Waals surface area (Å²) in [5, 5.41) is 0. The van der Waals surface area contributed by atoms with Crippen molar-refractivity contribution in [2.45, 2.75) is 59.5 Å². The van der Waals surface area contributed by atoms with Crippen LogP contribution in [0.3, 0.4) is 0 Å². The molecule has 0 heterocycles. The zero-order valence-corrected chi connectivity index (χ0v) is 9.31. The van der Waals surface area contributed by atoms with Crippen molar-refractivity contribution in [1.29, 1.82) is 0 Å². The summed E-state index contributed by atoms with van der Waals surface area (Å²) in [5.74, 6) is 0.804. The lowest BCUT2D eigenvalue weighted by Gasteiger charge is -2.23. The second-order valence-corrected chi connectivity index (χ2v) is 4.50. The first-order valence-electron chi connectivity index (χ1n) is 5.12. The Labute approximate surface area is 77.5 Å². The van der Waals surface area contributed by atoms with Crippen LogP contribution in [0.2, 0.25) is 0 Å². The predicted molar refractivity (Wildman–Crippen MR) is 54.4 cm³/mol. The van der Waals surface area contributed by atoms with Gasteiger partial charge in [0.05, 0.1) is 5.60 Å². The van der Waals surface area contributed by atoms with E-state index in [-0.39, 0.29) is 5.60 Å². The number of hydrogen-bond acceptors (Lipinski definition) is 1. The van der Waals surface area contributed by atoms with E-state index >= 15 is 0 Å². The van der Waals surface area contributed by atoms with Gasteiger partial charge in [0.2, 0.25) is 0 Å². The SMILES string of the molecule is CCC(C)(C)OCCCC(C)C. The number of hydrogen-bond donors (Lipinski definition) is 0. The van der Waals surface area contributed by atoms with Crippen LogP contribution < -0.4 is 0 Å². The molecular weight excluding hydrogens is 148 g/mol. The smallest absolute Gasteiger partial charge is 0.0623 e. The summed E-state index contributed by atoms with van der Waals surface area (Å²) in [4.78, 5) is 0. The van der Waals surface area contributed by atoms with Crippen molar-refractivity contribution in [2.75, 3.05) is 6.61 Å². The van der Waals surface area contributed by atoms with Crippen LogP contribution in [0.15, 0.2) is 0 Å². The van der Waals surface area contributed by atoms with Gasteiger partial charge in [0, 0.05) is 6.61 Å². The Morgan fingerprint density at radius 1 is 1.25 bits per heavy atom. The summed E-state index contributed by atoms with van der Waals surface area (Å²) in [7, 11) is 0. The van der Waals surface area contributed by atoms with Gasteiger partial charge in [0.15, 0.2) is 0 Å². The molecule has 0 aromatic rings. The van der Waals surface area contributed by atoms with Gasteiger partial charge in [-0.3, -0.25) is 0 Å². The van der Waals surface area contributed by atoms with Crippen LogP contribution in [0.25, 0.3) is 0 Å². The van der Waals surface area contributed by atoms with Gasteiger partial charge in [0.25, 0.3) is 0 Å². The first-order valence-corrected chi connectivity index (χ1v) is 5.12. The van der Waals surface area contributed by atoms with Crippen molar-refractivity contribution in [3.05, 3.63) is 0 Å². The van der Waals surface area contributed by atoms with Crippen molar-refractivity contribution in [3.8, 4) is 0 Å². The van der Waals surface area contributed by atoms with Crippen LogP contribution in [0.5, 0.6) is 0 Å². The second kappa shape index (κ2) is 5.58. The summed E-state index contributed by atoms with van der Waals surface area (Å²) >= 11 is 0. The topological polar surface area (TPSA) is 9.23 Å². The van der Waals surface area contributed by atoms with Gasteiger partial charge in [0.1, 0.15) is 0 Å². The highest BCUT2D eigenvalue weighted by Gasteiger charge is 2.14. The molecule has 0 atom stereocenters. The summed E-state index contributed by atoms with van der Waals surface area (Å²) in [6, 6.07) is 0. The molecule has 0 aliphatic heterocycles. The zero-order valence-electron chi connectivity index (χ0n) is 9.31. The molecule has 0 amide bonds. The Morgan fingerprint density at radius 2 is 1.83 bits per heavy atom. The average molecular weight is 172 g/mol. The molecule has 0 bridgehead atoms. The molecule has 0 spiro atoms. The Kier molecular flexibility index (Phi) is 5.56. The third-order valence-corrected chi connectivity index (χ3v) is 2.27. The second-order valence-electron chi connectivity index (χ2n) is 4.50. The first-order chi connectivity index (χ1) is 5.48. The van der Waals surface area contributed by atoms with E-state index in [9.17, 15) is 0 Å². The molecule has 0 N–H and O–H groups in total. The van der Waals surface area contributed by atoms with Gasteiger partial charge in [-0.15, -0.1) is 0 Å². The number of ether oxygens (including phenoxy) is 1. The Hall–Kier alpha value is -0.0400. The van der Waals surface area contributed by atoms with Crippen molar-refractivity contribution in [2.24, 2.45) is 5.92 Å². The lowest BCUT2D eigenvalue weighted by molar-refractivity contribution is -0.0223. The van der Waals surface area contributed by atoms with E-state index in [4.69, 9.17) is 4.74 Å². The molecule has 0 fully saturated rings. The minimum atomic E-state index is 0.0803. The van der Waals surface area contributed by atoms with E-state index in [2.05, 4.69) is 34.6 Å². The minimum absolute atomic E-state index is 0.0803. The quantitative estimate of drug-likeness (QED) is 0.556. The lowest BCUT2D eigenvalue weighted by Crippen LogP contribution is -2.23. The fourth-order valence-electron chi connectivity index (χ4n) is 0.942. The van der Waals surface area contributed by atoms with E-state index in [1.165, 1.54) is 12.8 Å². The molecule has 0 saturated heterocycles. The van der Waals surface area contributed by atoms with Crippen LogP contribution in [0, 0.1) is 5.92 Å². The van der Waals surface area contributed by atoms with E-state index in [1.807, 2.05) is 0 Å². The molecule has 0 aliphatic carbocycles. The molecule has 0 aliphatic rings. The minimum Gasteiger partial charge on any atom is -0.376 e. The van der Waals surface area contributed by atoms with Crippen molar-refractivity contribution in [3.63, 3.8) is 0 Å². The molecule has 12 heavy (non-hydrogen) atoms. The van der Waals surface area contributed by atoms with Crippen LogP contribution in [-0.4, -0.2) is 12.2 Å². The highest BCUT2D eigenvalue weighted by atomic mass is 16.5. The molecule has 0 unspecified atom stereocenters. The molecule has 0 rings (SSSR count). The summed E-state index contributed by atoms with van der Waals surface area (Å²) in [6.07, 6.45) is 3.57. The third-order valence-electron chi connectivity index (χ3n) is 2.27. The van der Waals surface area contributed by atoms with Crippen LogP contribution in [-0.2, 0) is 4.74 Å². The molecule has 0 radical (unpaired) electrons. The molecule has 1 nitrogen and oxygen atoms in total. The van der Waals surface area contributed by atoms with E-state index in [1.54, 1.807) is 0 Å². The van der Waals surface area contributed by atoms with Gasteiger partial charge >= 0.3 is 0 Å². The van der Waals surface area contributed by atoms with E-state index in [0.29, 0.717) is 0 Å². The predicted octanol–water partition coefficient (Wildman–Crippen LogP) is 3.63. The largest absolute Gasteiger partial charge is 0.376 e. The third kappa shape index (κ3) is 6.66. The summed E-state index contributed by atoms with van der Waals surface area (Å²) < 4.78 is 5.73. The highest BCUT2D eigenvalue weighted by molar-refractivity contribution is 4.64. The lowest BCUT2D eigenvalue weighted by atomic mass is 10.1. The van der Waals surface area contributed by atoms with E-state index in [0.717, 1.165) is 18.9 Å². The zero-order chi connectivity index (χ0) is 9.61. The maximum absolute atomic E-state index is 5.73. The molecule has 74 valence electrons. The Balaban J connectivity index is 3.31. The normalized spacial score (nSPS) is 12.5. The van der Waals surface area contributed by atoms with Crippen LogP contribution in [0.4, 0.5) is 0 Å². The first kappa shape index (κ1) is 12.0. The van der Waals surface area contributed by atoms with Gasteiger partial charge < -0.3 is 4.74 Å². The van der Waals surface area contributed by atoms with Gasteiger partial charge in [-0.25, -0.2) is 0 Å². The van der Waals surface area contributed by atoms with Gasteiger partial charge in [-0.1, -0.05) is 20.8 Å². The van der Waals surface area contributed by atoms with E-state index < -0.39 is 0 Å². The fourth-order valence-corrected chi connectivity index (χ4v) is 0.942. The molecular formula is C11H24O. The maximum Gasteiger partial charge on any atom is 0.0623 e. The summed E-state index contributed by atoms with van der Waals surface area (Å²) in [6.45, 7) is 11.9. The van der Waals surface area contributed by atoms with Crippen molar-refractivity contribution in [1.82, 2.24) is 0 Å². The van der Waals surface area contributed by atoms with Gasteiger partial charge in [-0.05, 0) is 39.0 Å². The highest BCUT2D eigenvalue weighted by Crippen LogP contribution is 2.14. The molecule has 0 aromatic heterocycles. The van der Waals surface area contributed by atoms with Crippen molar-refractivity contribution < 1.29 is 4.74 Å². The standard InChI is InChI=1S/C11H24O/c1-6-11(4,5)12-9-7-8-10(2)3/h10H,6-9H2,1-5H3. The van der Waals surface area contributed by atoms with Crippen LogP contribution in [0.1, 0.15) is 53.9 Å². The maximum atomic E-state index is 5.73. The number of rotatable bonds is 6. The van der Waals surface area contributed by atoms with Gasteiger partial charge in [-0.2, -0.15) is 0 Å². The molecule has 0 saturated carbocycles. The monoisotopic (exact) mass is 172 g/mol. The Bertz CT molecular complexity index is 106. The van der Waals surface area contributed by atoms with Crippen molar-refractivity contribution >= 4 is 0 Å². The fraction of sp³-hybridized carbons (Fsp3) is 1.00.